The van der Waals surface area contributed by atoms with E-state index in [4.69, 9.17) is 5.14 Å². The van der Waals surface area contributed by atoms with Gasteiger partial charge in [0.2, 0.25) is 10.0 Å². The number of primary sulfonamides is 1. The largest absolute Gasteiger partial charge is 0.299 e. The Hall–Kier alpha value is -1.20. The average Bonchev–Trinajstić information content (AvgIpc) is 2.81. The van der Waals surface area contributed by atoms with Gasteiger partial charge in [0.05, 0.1) is 5.75 Å². The maximum Gasteiger partial charge on any atom is 0.213 e. The summed E-state index contributed by atoms with van der Waals surface area (Å²) in [5.41, 5.74) is 3.36. The van der Waals surface area contributed by atoms with Gasteiger partial charge in [-0.15, -0.1) is 0 Å². The monoisotopic (exact) mass is 347 g/mol. The number of aryl methyl sites for hydroxylation is 1. The molecule has 5 heteroatoms. The lowest BCUT2D eigenvalue weighted by atomic mass is 9.55. The number of carbonyl (C=O) groups is 1. The fourth-order valence-electron chi connectivity index (χ4n) is 5.73. The number of rotatable bonds is 2. The van der Waals surface area contributed by atoms with E-state index in [1.807, 2.05) is 12.1 Å². The van der Waals surface area contributed by atoms with E-state index in [0.29, 0.717) is 23.5 Å². The Labute approximate surface area is 143 Å². The van der Waals surface area contributed by atoms with E-state index in [1.165, 1.54) is 11.1 Å². The van der Waals surface area contributed by atoms with Crippen LogP contribution < -0.4 is 5.14 Å². The SMILES string of the molecule is CC12CCC3c4ccc(CS(N)(=O)=O)cc4CCC3C1CCC2=O. The van der Waals surface area contributed by atoms with Crippen molar-refractivity contribution < 1.29 is 13.2 Å². The number of sulfonamides is 1. The second kappa shape index (κ2) is 5.40. The van der Waals surface area contributed by atoms with E-state index >= 15 is 0 Å². The van der Waals surface area contributed by atoms with Crippen LogP contribution in [0.15, 0.2) is 18.2 Å². The summed E-state index contributed by atoms with van der Waals surface area (Å²) < 4.78 is 22.7. The van der Waals surface area contributed by atoms with Gasteiger partial charge in [0.1, 0.15) is 5.78 Å². The Morgan fingerprint density at radius 3 is 2.75 bits per heavy atom. The Morgan fingerprint density at radius 1 is 1.21 bits per heavy atom. The number of fused-ring (bicyclic) bond motifs is 5. The normalized spacial score (nSPS) is 35.2. The summed E-state index contributed by atoms with van der Waals surface area (Å²) in [4.78, 5) is 12.4. The predicted octanol–water partition coefficient (Wildman–Crippen LogP) is 2.90. The maximum absolute atomic E-state index is 12.4. The van der Waals surface area contributed by atoms with Gasteiger partial charge in [-0.3, -0.25) is 4.79 Å². The third kappa shape index (κ3) is 2.53. The van der Waals surface area contributed by atoms with Crippen molar-refractivity contribution in [3.05, 3.63) is 34.9 Å². The minimum atomic E-state index is -3.49. The van der Waals surface area contributed by atoms with Crippen LogP contribution in [0.5, 0.6) is 0 Å². The molecule has 2 fully saturated rings. The summed E-state index contributed by atoms with van der Waals surface area (Å²) in [7, 11) is -3.49. The molecule has 0 bridgehead atoms. The lowest BCUT2D eigenvalue weighted by Gasteiger charge is -2.48. The Kier molecular flexibility index (Phi) is 3.66. The highest BCUT2D eigenvalue weighted by Crippen LogP contribution is 2.59. The summed E-state index contributed by atoms with van der Waals surface area (Å²) in [6.07, 6.45) is 5.97. The van der Waals surface area contributed by atoms with Crippen molar-refractivity contribution in [1.82, 2.24) is 0 Å². The van der Waals surface area contributed by atoms with E-state index in [1.54, 1.807) is 0 Å². The zero-order chi connectivity index (χ0) is 17.1. The second-order valence-corrected chi connectivity index (χ2v) is 9.79. The van der Waals surface area contributed by atoms with Gasteiger partial charge in [0.15, 0.2) is 0 Å². The standard InChI is InChI=1S/C19H25NO3S/c1-19-9-8-15-14-4-2-12(11-24(20,22)23)10-13(14)3-5-16(15)17(19)6-7-18(19)21/h2,4,10,15-17H,3,5-9,11H2,1H3,(H2,20,22,23). The Morgan fingerprint density at radius 2 is 2.00 bits per heavy atom. The molecule has 0 amide bonds. The molecule has 0 aliphatic heterocycles. The molecule has 4 atom stereocenters. The maximum atomic E-state index is 12.4. The van der Waals surface area contributed by atoms with Crippen LogP contribution in [0.3, 0.4) is 0 Å². The van der Waals surface area contributed by atoms with E-state index < -0.39 is 10.0 Å². The summed E-state index contributed by atoms with van der Waals surface area (Å²) in [6.45, 7) is 2.19. The molecule has 24 heavy (non-hydrogen) atoms. The van der Waals surface area contributed by atoms with Gasteiger partial charge in [-0.05, 0) is 66.5 Å². The molecule has 0 aromatic heterocycles. The van der Waals surface area contributed by atoms with Crippen LogP contribution in [0.25, 0.3) is 0 Å². The molecule has 0 saturated heterocycles. The molecular weight excluding hydrogens is 322 g/mol. The first-order valence-corrected chi connectivity index (χ1v) is 10.6. The predicted molar refractivity (Wildman–Crippen MR) is 92.9 cm³/mol. The molecule has 1 aromatic rings. The molecule has 0 radical (unpaired) electrons. The number of Topliss-reactive ketones (excluding diaryl/α,β-unsaturated/α-hetero) is 1. The van der Waals surface area contributed by atoms with E-state index in [9.17, 15) is 13.2 Å². The highest BCUT2D eigenvalue weighted by atomic mass is 32.2. The van der Waals surface area contributed by atoms with Gasteiger partial charge in [0, 0.05) is 11.8 Å². The summed E-state index contributed by atoms with van der Waals surface area (Å²) in [5, 5.41) is 5.18. The van der Waals surface area contributed by atoms with Gasteiger partial charge >= 0.3 is 0 Å². The zero-order valence-electron chi connectivity index (χ0n) is 14.1. The molecule has 1 aromatic carbocycles. The lowest BCUT2D eigenvalue weighted by Crippen LogP contribution is -2.42. The second-order valence-electron chi connectivity index (χ2n) is 8.17. The number of hydrogen-bond donors (Lipinski definition) is 1. The zero-order valence-corrected chi connectivity index (χ0v) is 14.9. The number of nitrogens with two attached hydrogens (primary N) is 1. The van der Waals surface area contributed by atoms with E-state index in [0.717, 1.165) is 44.1 Å². The van der Waals surface area contributed by atoms with Crippen molar-refractivity contribution in [1.29, 1.82) is 0 Å². The van der Waals surface area contributed by atoms with Crippen molar-refractivity contribution in [3.8, 4) is 0 Å². The molecule has 4 unspecified atom stereocenters. The highest BCUT2D eigenvalue weighted by Gasteiger charge is 2.54. The smallest absolute Gasteiger partial charge is 0.213 e. The minimum absolute atomic E-state index is 0.0910. The van der Waals surface area contributed by atoms with Gasteiger partial charge in [-0.25, -0.2) is 13.6 Å². The van der Waals surface area contributed by atoms with Gasteiger partial charge in [-0.2, -0.15) is 0 Å². The van der Waals surface area contributed by atoms with Gasteiger partial charge in [-0.1, -0.05) is 25.1 Å². The molecular formula is C19H25NO3S. The lowest BCUT2D eigenvalue weighted by molar-refractivity contribution is -0.129. The molecule has 4 rings (SSSR count). The van der Waals surface area contributed by atoms with E-state index in [2.05, 4.69) is 13.0 Å². The molecule has 0 heterocycles. The summed E-state index contributed by atoms with van der Waals surface area (Å²) in [6, 6.07) is 6.06. The number of benzene rings is 1. The minimum Gasteiger partial charge on any atom is -0.299 e. The number of hydrogen-bond acceptors (Lipinski definition) is 3. The Bertz CT molecular complexity index is 801. The van der Waals surface area contributed by atoms with Crippen molar-refractivity contribution >= 4 is 15.8 Å². The molecule has 3 aliphatic carbocycles. The van der Waals surface area contributed by atoms with Crippen LogP contribution >= 0.6 is 0 Å². The highest BCUT2D eigenvalue weighted by molar-refractivity contribution is 7.88. The molecule has 3 aliphatic rings. The van der Waals surface area contributed by atoms with Gasteiger partial charge in [0.25, 0.3) is 0 Å². The first-order chi connectivity index (χ1) is 11.3. The fourth-order valence-corrected chi connectivity index (χ4v) is 6.37. The van der Waals surface area contributed by atoms with Crippen LogP contribution in [0.2, 0.25) is 0 Å². The van der Waals surface area contributed by atoms with Crippen LogP contribution in [0, 0.1) is 17.3 Å². The van der Waals surface area contributed by atoms with Crippen molar-refractivity contribution in [2.24, 2.45) is 22.4 Å². The quantitative estimate of drug-likeness (QED) is 0.893. The summed E-state index contributed by atoms with van der Waals surface area (Å²) in [5.74, 6) is 2.04. The molecule has 4 nitrogen and oxygen atoms in total. The van der Waals surface area contributed by atoms with Gasteiger partial charge < -0.3 is 0 Å². The molecule has 0 spiro atoms. The first kappa shape index (κ1) is 16.3. The third-order valence-corrected chi connectivity index (χ3v) is 7.60. The van der Waals surface area contributed by atoms with Crippen LogP contribution in [-0.4, -0.2) is 14.2 Å². The number of carbonyl (C=O) groups excluding carboxylic acids is 1. The van der Waals surface area contributed by atoms with Crippen molar-refractivity contribution in [2.45, 2.75) is 57.1 Å². The Balaban J connectivity index is 1.65. The van der Waals surface area contributed by atoms with Crippen LogP contribution in [0.1, 0.15) is 61.6 Å². The third-order valence-electron chi connectivity index (χ3n) is 6.87. The molecule has 130 valence electrons. The fraction of sp³-hybridized carbons (Fsp3) is 0.632. The summed E-state index contributed by atoms with van der Waals surface area (Å²) >= 11 is 0. The topological polar surface area (TPSA) is 77.2 Å². The van der Waals surface area contributed by atoms with Crippen LogP contribution in [-0.2, 0) is 27.0 Å². The average molecular weight is 347 g/mol. The van der Waals surface area contributed by atoms with E-state index in [-0.39, 0.29) is 11.2 Å². The van der Waals surface area contributed by atoms with Crippen molar-refractivity contribution in [3.63, 3.8) is 0 Å². The molecule has 2 saturated carbocycles. The van der Waals surface area contributed by atoms with Crippen molar-refractivity contribution in [2.75, 3.05) is 0 Å². The first-order valence-electron chi connectivity index (χ1n) is 8.93. The number of ketones is 1. The molecule has 2 N–H and O–H groups in total. The van der Waals surface area contributed by atoms with Crippen LogP contribution in [0.4, 0.5) is 0 Å².